The molecule has 1 aromatic rings. The van der Waals surface area contributed by atoms with E-state index in [4.69, 9.17) is 5.73 Å². The summed E-state index contributed by atoms with van der Waals surface area (Å²) in [6.07, 6.45) is -8.48. The third kappa shape index (κ3) is 2.93. The Hall–Kier alpha value is -2.20. The summed E-state index contributed by atoms with van der Waals surface area (Å²) >= 11 is 0. The zero-order valence-corrected chi connectivity index (χ0v) is 8.24. The predicted molar refractivity (Wildman–Crippen MR) is 46.9 cm³/mol. The highest BCUT2D eigenvalue weighted by Gasteiger charge is 2.38. The van der Waals surface area contributed by atoms with Gasteiger partial charge in [0.1, 0.15) is 11.4 Å². The Morgan fingerprint density at radius 2 is 2.00 bits per heavy atom. The minimum Gasteiger partial charge on any atom is -0.397 e. The number of rotatable bonds is 3. The lowest BCUT2D eigenvalue weighted by Gasteiger charge is -2.11. The molecule has 100 valence electrons. The van der Waals surface area contributed by atoms with Crippen LogP contribution in [0.25, 0.3) is 0 Å². The monoisotopic (exact) mass is 273 g/mol. The third-order valence-corrected chi connectivity index (χ3v) is 1.71. The topological polar surface area (TPSA) is 91.3 Å². The number of aromatic nitrogens is 1. The van der Waals surface area contributed by atoms with E-state index in [1.165, 1.54) is 0 Å². The lowest BCUT2D eigenvalue weighted by Crippen LogP contribution is -2.19. The molecule has 0 radical (unpaired) electrons. The van der Waals surface area contributed by atoms with Crippen molar-refractivity contribution in [3.63, 3.8) is 0 Å². The van der Waals surface area contributed by atoms with Crippen LogP contribution in [-0.2, 0) is 0 Å². The van der Waals surface area contributed by atoms with Gasteiger partial charge in [0.15, 0.2) is 0 Å². The Bertz CT molecular complexity index is 476. The van der Waals surface area contributed by atoms with E-state index in [0.29, 0.717) is 0 Å². The second-order valence-electron chi connectivity index (χ2n) is 2.88. The van der Waals surface area contributed by atoms with Gasteiger partial charge >= 0.3 is 12.0 Å². The summed E-state index contributed by atoms with van der Waals surface area (Å²) in [4.78, 5) is 12.1. The Balaban J connectivity index is 3.44. The number of anilines is 1. The number of nitrogen functional groups attached to an aromatic ring is 1. The molecule has 1 rings (SSSR count). The molecule has 0 atom stereocenters. The molecule has 1 aromatic heterocycles. The smallest absolute Gasteiger partial charge is 0.397 e. The van der Waals surface area contributed by atoms with E-state index in [1.807, 2.05) is 0 Å². The van der Waals surface area contributed by atoms with Crippen molar-refractivity contribution in [3.8, 4) is 5.75 Å². The highest BCUT2D eigenvalue weighted by Crippen LogP contribution is 2.40. The number of hydrogen-bond donors (Lipinski definition) is 1. The molecule has 0 aliphatic heterocycles. The first-order chi connectivity index (χ1) is 8.13. The lowest BCUT2D eigenvalue weighted by atomic mass is 10.2. The highest BCUT2D eigenvalue weighted by molar-refractivity contribution is 5.60. The van der Waals surface area contributed by atoms with Gasteiger partial charge in [0.2, 0.25) is 5.75 Å². The fourth-order valence-corrected chi connectivity index (χ4v) is 1.12. The Kier molecular flexibility index (Phi) is 3.53. The molecule has 18 heavy (non-hydrogen) atoms. The molecule has 11 heteroatoms. The van der Waals surface area contributed by atoms with Gasteiger partial charge in [0.05, 0.1) is 11.1 Å². The number of nitrogens with zero attached hydrogens (tertiary/aromatic N) is 2. The number of nitrogens with two attached hydrogens (primary N) is 1. The standard InChI is InChI=1S/C7H4F5N3O3/c8-5(9)3-4(15(16)17)2(1-14-6(3)13)18-7(10,11)12/h1,5H,(H2,13,14). The maximum atomic E-state index is 12.5. The maximum Gasteiger partial charge on any atom is 0.573 e. The van der Waals surface area contributed by atoms with Crippen LogP contribution >= 0.6 is 0 Å². The van der Waals surface area contributed by atoms with Crippen molar-refractivity contribution in [2.75, 3.05) is 5.73 Å². The Morgan fingerprint density at radius 1 is 1.44 bits per heavy atom. The van der Waals surface area contributed by atoms with Gasteiger partial charge in [-0.3, -0.25) is 10.1 Å². The number of alkyl halides is 5. The minimum absolute atomic E-state index is 0.257. The first-order valence-electron chi connectivity index (χ1n) is 4.10. The van der Waals surface area contributed by atoms with Gasteiger partial charge < -0.3 is 10.5 Å². The normalized spacial score (nSPS) is 11.7. The molecule has 0 aliphatic carbocycles. The zero-order chi connectivity index (χ0) is 14.1. The molecule has 0 saturated heterocycles. The van der Waals surface area contributed by atoms with Gasteiger partial charge in [-0.2, -0.15) is 0 Å². The van der Waals surface area contributed by atoms with Gasteiger partial charge in [-0.25, -0.2) is 13.8 Å². The van der Waals surface area contributed by atoms with Crippen LogP contribution in [0, 0.1) is 10.1 Å². The summed E-state index contributed by atoms with van der Waals surface area (Å²) in [6.45, 7) is 0. The maximum absolute atomic E-state index is 12.5. The van der Waals surface area contributed by atoms with Crippen LogP contribution in [-0.4, -0.2) is 16.3 Å². The van der Waals surface area contributed by atoms with Crippen LogP contribution in [0.4, 0.5) is 33.5 Å². The Labute approximate surface area is 95.3 Å². The summed E-state index contributed by atoms with van der Waals surface area (Å²) in [5, 5.41) is 10.5. The zero-order valence-electron chi connectivity index (χ0n) is 8.24. The van der Waals surface area contributed by atoms with Crippen LogP contribution < -0.4 is 10.5 Å². The van der Waals surface area contributed by atoms with E-state index >= 15 is 0 Å². The summed E-state index contributed by atoms with van der Waals surface area (Å²) < 4.78 is 64.0. The van der Waals surface area contributed by atoms with Crippen molar-refractivity contribution >= 4 is 11.5 Å². The largest absolute Gasteiger partial charge is 0.573 e. The second kappa shape index (κ2) is 4.58. The molecule has 6 nitrogen and oxygen atoms in total. The molecule has 0 spiro atoms. The molecular weight excluding hydrogens is 269 g/mol. The minimum atomic E-state index is -5.28. The SMILES string of the molecule is Nc1ncc(OC(F)(F)F)c([N+](=O)[O-])c1C(F)F. The molecule has 1 heterocycles. The number of halogens is 5. The van der Waals surface area contributed by atoms with Crippen molar-refractivity contribution < 1.29 is 31.6 Å². The van der Waals surface area contributed by atoms with Crippen LogP contribution in [0.2, 0.25) is 0 Å². The molecule has 0 aliphatic rings. The summed E-state index contributed by atoms with van der Waals surface area (Å²) in [7, 11) is 0. The average molecular weight is 273 g/mol. The lowest BCUT2D eigenvalue weighted by molar-refractivity contribution is -0.390. The second-order valence-corrected chi connectivity index (χ2v) is 2.88. The predicted octanol–water partition coefficient (Wildman–Crippen LogP) is 2.41. The summed E-state index contributed by atoms with van der Waals surface area (Å²) in [6, 6.07) is 0. The Morgan fingerprint density at radius 3 is 2.39 bits per heavy atom. The van der Waals surface area contributed by atoms with Gasteiger partial charge in [-0.1, -0.05) is 0 Å². The van der Waals surface area contributed by atoms with E-state index in [9.17, 15) is 32.1 Å². The van der Waals surface area contributed by atoms with Crippen LogP contribution in [0.1, 0.15) is 12.0 Å². The number of hydrogen-bond acceptors (Lipinski definition) is 5. The number of pyridine rings is 1. The van der Waals surface area contributed by atoms with Crippen LogP contribution in [0.15, 0.2) is 6.20 Å². The first-order valence-corrected chi connectivity index (χ1v) is 4.10. The highest BCUT2D eigenvalue weighted by atomic mass is 19.4. The average Bonchev–Trinajstić information content (AvgIpc) is 2.17. The van der Waals surface area contributed by atoms with E-state index in [0.717, 1.165) is 0 Å². The van der Waals surface area contributed by atoms with Gasteiger partial charge in [-0.15, -0.1) is 13.2 Å². The fraction of sp³-hybridized carbons (Fsp3) is 0.286. The molecule has 0 aromatic carbocycles. The molecule has 0 unspecified atom stereocenters. The molecular formula is C7H4F5N3O3. The molecule has 0 saturated carbocycles. The first kappa shape index (κ1) is 13.9. The van der Waals surface area contributed by atoms with Crippen molar-refractivity contribution in [1.82, 2.24) is 4.98 Å². The van der Waals surface area contributed by atoms with Crippen LogP contribution in [0.5, 0.6) is 5.75 Å². The molecule has 0 bridgehead atoms. The molecule has 0 amide bonds. The van der Waals surface area contributed by atoms with Crippen molar-refractivity contribution in [2.24, 2.45) is 0 Å². The van der Waals surface area contributed by atoms with E-state index in [-0.39, 0.29) is 6.20 Å². The van der Waals surface area contributed by atoms with Crippen molar-refractivity contribution in [2.45, 2.75) is 12.8 Å². The summed E-state index contributed by atoms with van der Waals surface area (Å²) in [5.74, 6) is -2.39. The molecule has 0 fully saturated rings. The van der Waals surface area contributed by atoms with E-state index < -0.39 is 40.5 Å². The van der Waals surface area contributed by atoms with Crippen molar-refractivity contribution in [1.29, 1.82) is 0 Å². The summed E-state index contributed by atoms with van der Waals surface area (Å²) in [5.41, 5.74) is 1.98. The third-order valence-electron chi connectivity index (χ3n) is 1.71. The fourth-order valence-electron chi connectivity index (χ4n) is 1.12. The number of nitro groups is 1. The van der Waals surface area contributed by atoms with Gasteiger partial charge in [-0.05, 0) is 0 Å². The van der Waals surface area contributed by atoms with E-state index in [1.54, 1.807) is 0 Å². The quantitative estimate of drug-likeness (QED) is 0.518. The van der Waals surface area contributed by atoms with Gasteiger partial charge in [0.25, 0.3) is 6.43 Å². The number of ether oxygens (including phenoxy) is 1. The molecule has 2 N–H and O–H groups in total. The van der Waals surface area contributed by atoms with Crippen molar-refractivity contribution in [3.05, 3.63) is 21.9 Å². The van der Waals surface area contributed by atoms with E-state index in [2.05, 4.69) is 9.72 Å². The van der Waals surface area contributed by atoms with Crippen LogP contribution in [0.3, 0.4) is 0 Å². The van der Waals surface area contributed by atoms with Gasteiger partial charge in [0, 0.05) is 0 Å².